The minimum atomic E-state index is -0.926. The molecule has 0 aromatic heterocycles. The molecule has 79 heavy (non-hydrogen) atoms. The van der Waals surface area contributed by atoms with E-state index in [2.05, 4.69) is 16.0 Å². The molecule has 3 aromatic rings. The number of carbonyl (C=O) groups excluding carboxylic acids is 8. The zero-order valence-corrected chi connectivity index (χ0v) is 48.9. The highest BCUT2D eigenvalue weighted by molar-refractivity contribution is 6.01. The fourth-order valence-corrected chi connectivity index (χ4v) is 10.5. The van der Waals surface area contributed by atoms with Crippen molar-refractivity contribution in [3.05, 3.63) is 107 Å². The molecule has 2 saturated heterocycles. The molecule has 8 atom stereocenters. The Morgan fingerprint density at radius 3 is 1.54 bits per heavy atom. The van der Waals surface area contributed by atoms with E-state index >= 15 is 0 Å². The summed E-state index contributed by atoms with van der Waals surface area (Å²) in [5.74, 6) is -3.15. The van der Waals surface area contributed by atoms with Crippen molar-refractivity contribution in [3.8, 4) is 0 Å². The molecular weight excluding hydrogens is 995 g/mol. The van der Waals surface area contributed by atoms with E-state index in [1.807, 2.05) is 126 Å². The molecule has 1 unspecified atom stereocenters. The number of nitrogens with one attached hydrogen (secondary N) is 3. The molecule has 0 aliphatic carbocycles. The predicted molar refractivity (Wildman–Crippen MR) is 313 cm³/mol. The van der Waals surface area contributed by atoms with Gasteiger partial charge >= 0.3 is 0 Å². The van der Waals surface area contributed by atoms with Crippen LogP contribution in [0.4, 0.5) is 0 Å². The van der Waals surface area contributed by atoms with Crippen molar-refractivity contribution in [2.45, 2.75) is 172 Å². The summed E-state index contributed by atoms with van der Waals surface area (Å²) < 4.78 is 0. The Balaban J connectivity index is 0.0000134. The number of likely N-dealkylation sites (tertiary alicyclic amines) is 2. The van der Waals surface area contributed by atoms with Crippen LogP contribution in [0.1, 0.15) is 160 Å². The first-order valence-electron chi connectivity index (χ1n) is 28.5. The lowest BCUT2D eigenvalue weighted by Gasteiger charge is -2.38. The first-order chi connectivity index (χ1) is 36.8. The topological polar surface area (TPSA) is 186 Å². The zero-order valence-electron chi connectivity index (χ0n) is 48.9. The van der Waals surface area contributed by atoms with E-state index in [1.54, 1.807) is 61.9 Å². The second-order valence-electron chi connectivity index (χ2n) is 24.2. The first-order valence-corrected chi connectivity index (χ1v) is 28.5. The summed E-state index contributed by atoms with van der Waals surface area (Å²) in [6.45, 7) is 23.1. The van der Waals surface area contributed by atoms with Gasteiger partial charge in [0.05, 0.1) is 6.04 Å². The third-order valence-corrected chi connectivity index (χ3v) is 16.1. The molecule has 15 heteroatoms. The third-order valence-electron chi connectivity index (χ3n) is 16.1. The van der Waals surface area contributed by atoms with E-state index in [0.717, 1.165) is 24.0 Å². The number of hydrogen-bond donors (Lipinski definition) is 3. The van der Waals surface area contributed by atoms with Crippen molar-refractivity contribution in [2.75, 3.05) is 46.3 Å². The average molecular weight is 1090 g/mol. The Morgan fingerprint density at radius 1 is 0.595 bits per heavy atom. The molecule has 2 aliphatic heterocycles. The molecule has 0 saturated carbocycles. The van der Waals surface area contributed by atoms with Crippen LogP contribution in [0.2, 0.25) is 0 Å². The van der Waals surface area contributed by atoms with E-state index in [0.29, 0.717) is 63.8 Å². The van der Waals surface area contributed by atoms with Gasteiger partial charge in [-0.3, -0.25) is 38.4 Å². The van der Waals surface area contributed by atoms with E-state index in [-0.39, 0.29) is 104 Å². The fourth-order valence-electron chi connectivity index (χ4n) is 10.5. The molecule has 0 spiro atoms. The van der Waals surface area contributed by atoms with Gasteiger partial charge in [0.25, 0.3) is 5.91 Å². The smallest absolute Gasteiger partial charge is 0.251 e. The minimum Gasteiger partial charge on any atom is -0.344 e. The Morgan fingerprint density at radius 2 is 1.08 bits per heavy atom. The molecule has 6 amide bonds. The van der Waals surface area contributed by atoms with Crippen molar-refractivity contribution in [2.24, 2.45) is 28.6 Å². The lowest BCUT2D eigenvalue weighted by atomic mass is 9.76. The van der Waals surface area contributed by atoms with Crippen LogP contribution >= 0.6 is 0 Å². The Kier molecular flexibility index (Phi) is 24.7. The molecule has 3 N–H and O–H groups in total. The molecule has 2 heterocycles. The summed E-state index contributed by atoms with van der Waals surface area (Å²) in [7, 11) is 1.73. The van der Waals surface area contributed by atoms with E-state index in [1.165, 1.54) is 0 Å². The molecule has 0 radical (unpaired) electrons. The van der Waals surface area contributed by atoms with Crippen LogP contribution in [-0.4, -0.2) is 143 Å². The molecule has 2 aliphatic rings. The number of carbonyl (C=O) groups is 8. The highest BCUT2D eigenvalue weighted by atomic mass is 16.2. The van der Waals surface area contributed by atoms with Crippen LogP contribution in [0.25, 0.3) is 0 Å². The van der Waals surface area contributed by atoms with Gasteiger partial charge in [-0.15, -0.1) is 0 Å². The van der Waals surface area contributed by atoms with Gasteiger partial charge in [-0.25, -0.2) is 0 Å². The maximum atomic E-state index is 14.5. The van der Waals surface area contributed by atoms with Crippen LogP contribution in [0.15, 0.2) is 84.9 Å². The first kappa shape index (κ1) is 65.3. The zero-order chi connectivity index (χ0) is 57.5. The Labute approximate surface area is 472 Å². The Bertz CT molecular complexity index is 2330. The average Bonchev–Trinajstić information content (AvgIpc) is 4.12. The van der Waals surface area contributed by atoms with Gasteiger partial charge in [0.2, 0.25) is 29.5 Å². The summed E-state index contributed by atoms with van der Waals surface area (Å²) in [4.78, 5) is 119. The van der Waals surface area contributed by atoms with Crippen LogP contribution in [0, 0.1) is 28.6 Å². The molecule has 15 nitrogen and oxygen atoms in total. The number of benzene rings is 3. The van der Waals surface area contributed by atoms with Gasteiger partial charge < -0.3 is 35.6 Å². The molecule has 3 aromatic carbocycles. The number of amides is 6. The standard InChI is InChI=1S/C63H91N7O8.CH4/c1-13-42(2)56(73)66-55(63(9,10)11)61(78)70-35-21-27-51(70)40-67(36-32-46-22-16-14-17-23-46)58(75)43(3)38-54(72)48-28-30-49(31-29-48)57(74)65-45(5)59(76)68(37-33-47-24-18-15-19-25-47)41-50-26-20-34-69(50)60(77)52(62(6,7)8)39-53(71)44(4)64-12;/h14-19,22-25,28-31,42-45,50-52,55,64H,13,20-21,26-27,32-41H2,1-12H3,(H,65,74)(H,66,73);1H4/t42-,43+,44+,45-,50?,51+,52-,55-;/m1./s1. The summed E-state index contributed by atoms with van der Waals surface area (Å²) in [5.41, 5.74) is 1.67. The van der Waals surface area contributed by atoms with Crippen molar-refractivity contribution in [1.82, 2.24) is 35.6 Å². The van der Waals surface area contributed by atoms with Crippen molar-refractivity contribution < 1.29 is 38.4 Å². The second kappa shape index (κ2) is 29.8. The number of likely N-dealkylation sites (N-methyl/N-ethyl adjacent to an activating group) is 1. The summed E-state index contributed by atoms with van der Waals surface area (Å²) in [5, 5.41) is 8.92. The van der Waals surface area contributed by atoms with Crippen molar-refractivity contribution in [3.63, 3.8) is 0 Å². The van der Waals surface area contributed by atoms with Gasteiger partial charge in [0.1, 0.15) is 17.9 Å². The van der Waals surface area contributed by atoms with Crippen molar-refractivity contribution in [1.29, 1.82) is 0 Å². The molecule has 5 rings (SSSR count). The molecular formula is C64H95N7O8. The summed E-state index contributed by atoms with van der Waals surface area (Å²) in [6.07, 6.45) is 4.78. The largest absolute Gasteiger partial charge is 0.344 e. The lowest BCUT2D eigenvalue weighted by Crippen LogP contribution is -2.58. The van der Waals surface area contributed by atoms with Gasteiger partial charge in [0.15, 0.2) is 5.78 Å². The van der Waals surface area contributed by atoms with Crippen LogP contribution in [0.3, 0.4) is 0 Å². The van der Waals surface area contributed by atoms with Gasteiger partial charge in [0, 0.05) is 93.1 Å². The molecule has 2 fully saturated rings. The lowest BCUT2D eigenvalue weighted by molar-refractivity contribution is -0.144. The van der Waals surface area contributed by atoms with E-state index < -0.39 is 40.7 Å². The molecule has 434 valence electrons. The van der Waals surface area contributed by atoms with Gasteiger partial charge in [-0.2, -0.15) is 0 Å². The third kappa shape index (κ3) is 18.4. The predicted octanol–water partition coefficient (Wildman–Crippen LogP) is 8.58. The number of hydrogen-bond acceptors (Lipinski definition) is 9. The number of Topliss-reactive ketones (excluding diaryl/α,β-unsaturated/α-hetero) is 2. The normalized spacial score (nSPS) is 17.8. The minimum absolute atomic E-state index is 0. The quantitative estimate of drug-likeness (QED) is 0.0663. The highest BCUT2D eigenvalue weighted by Crippen LogP contribution is 2.34. The van der Waals surface area contributed by atoms with Crippen LogP contribution < -0.4 is 16.0 Å². The fraction of sp³-hybridized carbons (Fsp3) is 0.594. The van der Waals surface area contributed by atoms with Crippen molar-refractivity contribution >= 4 is 47.0 Å². The monoisotopic (exact) mass is 1090 g/mol. The van der Waals surface area contributed by atoms with Crippen LogP contribution in [-0.2, 0) is 41.6 Å². The second-order valence-corrected chi connectivity index (χ2v) is 24.2. The number of nitrogens with zero attached hydrogens (tertiary/aromatic N) is 4. The van der Waals surface area contributed by atoms with E-state index in [9.17, 15) is 38.4 Å². The SMILES string of the molecule is C.CC[C@@H](C)C(=O)N[C@H](C(=O)N1CCC[C@H]1CN(CCc1ccccc1)C(=O)[C@@H](C)CC(=O)c1ccc(C(=O)N[C@H](C)C(=O)N(CCc2ccccc2)CC2CCCN2C(=O)[C@@H](CC(=O)[C@H](C)NC)C(C)(C)C)cc1)C(C)(C)C. The van der Waals surface area contributed by atoms with E-state index in [4.69, 9.17) is 0 Å². The summed E-state index contributed by atoms with van der Waals surface area (Å²) in [6, 6.07) is 23.4. The van der Waals surface area contributed by atoms with Gasteiger partial charge in [-0.1, -0.05) is 143 Å². The van der Waals surface area contributed by atoms with Gasteiger partial charge in [-0.05, 0) is 99.9 Å². The molecule has 0 bridgehead atoms. The van der Waals surface area contributed by atoms with Crippen LogP contribution in [0.5, 0.6) is 0 Å². The number of rotatable bonds is 26. The summed E-state index contributed by atoms with van der Waals surface area (Å²) >= 11 is 0. The Hall–Kier alpha value is -6.22. The number of ketones is 2. The highest BCUT2D eigenvalue weighted by Gasteiger charge is 2.43. The maximum Gasteiger partial charge on any atom is 0.251 e. The maximum absolute atomic E-state index is 14.5.